The molecule has 0 unspecified atom stereocenters. The predicted molar refractivity (Wildman–Crippen MR) is 60.3 cm³/mol. The molecule has 0 saturated heterocycles. The quantitative estimate of drug-likeness (QED) is 0.900. The van der Waals surface area contributed by atoms with Crippen molar-refractivity contribution in [2.45, 2.75) is 18.8 Å². The van der Waals surface area contributed by atoms with Crippen LogP contribution in [0.25, 0.3) is 5.82 Å². The summed E-state index contributed by atoms with van der Waals surface area (Å²) in [4.78, 5) is 14.7. The molecule has 2 heterocycles. The highest BCUT2D eigenvalue weighted by atomic mass is 19.1. The fraction of sp³-hybridized carbons (Fsp3) is 0.250. The minimum Gasteiger partial charge on any atom is -0.478 e. The highest BCUT2D eigenvalue weighted by molar-refractivity contribution is 5.88. The summed E-state index contributed by atoms with van der Waals surface area (Å²) in [5.41, 5.74) is 0.500. The van der Waals surface area contributed by atoms with Crippen molar-refractivity contribution >= 4 is 5.97 Å². The average molecular weight is 247 g/mol. The largest absolute Gasteiger partial charge is 0.478 e. The second kappa shape index (κ2) is 3.90. The molecule has 0 radical (unpaired) electrons. The number of carboxylic acids is 1. The van der Waals surface area contributed by atoms with Crippen molar-refractivity contribution in [1.29, 1.82) is 0 Å². The van der Waals surface area contributed by atoms with Crippen LogP contribution >= 0.6 is 0 Å². The zero-order chi connectivity index (χ0) is 12.7. The third kappa shape index (κ3) is 1.75. The first-order chi connectivity index (χ1) is 8.66. The number of rotatable bonds is 3. The molecular weight excluding hydrogens is 237 g/mol. The van der Waals surface area contributed by atoms with Gasteiger partial charge in [-0.2, -0.15) is 5.10 Å². The van der Waals surface area contributed by atoms with Crippen molar-refractivity contribution in [3.63, 3.8) is 0 Å². The molecule has 1 aliphatic carbocycles. The number of hydrogen-bond acceptors (Lipinski definition) is 3. The summed E-state index contributed by atoms with van der Waals surface area (Å²) in [6, 6.07) is 2.94. The maximum Gasteiger partial charge on any atom is 0.338 e. The molecule has 0 amide bonds. The van der Waals surface area contributed by atoms with Crippen LogP contribution in [0.15, 0.2) is 24.5 Å². The van der Waals surface area contributed by atoms with E-state index in [0.29, 0.717) is 5.92 Å². The van der Waals surface area contributed by atoms with E-state index < -0.39 is 17.3 Å². The van der Waals surface area contributed by atoms with E-state index in [9.17, 15) is 9.18 Å². The number of hydrogen-bond donors (Lipinski definition) is 1. The first-order valence-electron chi connectivity index (χ1n) is 5.60. The third-order valence-electron chi connectivity index (χ3n) is 2.92. The molecule has 1 N–H and O–H groups in total. The van der Waals surface area contributed by atoms with Crippen LogP contribution < -0.4 is 0 Å². The maximum absolute atomic E-state index is 13.9. The van der Waals surface area contributed by atoms with Crippen molar-refractivity contribution in [1.82, 2.24) is 14.8 Å². The minimum absolute atomic E-state index is 0.0817. The highest BCUT2D eigenvalue weighted by Gasteiger charge is 2.26. The van der Waals surface area contributed by atoms with E-state index >= 15 is 0 Å². The summed E-state index contributed by atoms with van der Waals surface area (Å²) in [6.45, 7) is 0. The van der Waals surface area contributed by atoms with Gasteiger partial charge < -0.3 is 5.11 Å². The van der Waals surface area contributed by atoms with E-state index in [-0.39, 0.29) is 5.82 Å². The zero-order valence-electron chi connectivity index (χ0n) is 9.38. The summed E-state index contributed by atoms with van der Waals surface area (Å²) in [5.74, 6) is -1.81. The Balaban J connectivity index is 2.04. The lowest BCUT2D eigenvalue weighted by molar-refractivity contribution is 0.0691. The van der Waals surface area contributed by atoms with Gasteiger partial charge in [-0.25, -0.2) is 18.9 Å². The van der Waals surface area contributed by atoms with Crippen molar-refractivity contribution in [3.8, 4) is 5.82 Å². The Morgan fingerprint density at radius 3 is 2.89 bits per heavy atom. The molecule has 0 spiro atoms. The van der Waals surface area contributed by atoms with Crippen LogP contribution in [0.4, 0.5) is 4.39 Å². The SMILES string of the molecule is O=C(O)c1ccnc(-n2ccc(C3CC3)n2)c1F. The number of pyridine rings is 1. The summed E-state index contributed by atoms with van der Waals surface area (Å²) >= 11 is 0. The van der Waals surface area contributed by atoms with Gasteiger partial charge in [-0.15, -0.1) is 0 Å². The highest BCUT2D eigenvalue weighted by Crippen LogP contribution is 2.39. The molecule has 0 aliphatic heterocycles. The molecule has 0 atom stereocenters. The van der Waals surface area contributed by atoms with Crippen LogP contribution in [0.2, 0.25) is 0 Å². The predicted octanol–water partition coefficient (Wildman–Crippen LogP) is 1.98. The molecule has 2 aromatic heterocycles. The standard InChI is InChI=1S/C12H10FN3O2/c13-10-8(12(17)18)3-5-14-11(10)16-6-4-9(15-16)7-1-2-7/h3-7H,1-2H2,(H,17,18). The normalized spacial score (nSPS) is 14.7. The fourth-order valence-electron chi connectivity index (χ4n) is 1.81. The topological polar surface area (TPSA) is 68.0 Å². The lowest BCUT2D eigenvalue weighted by Gasteiger charge is -2.04. The van der Waals surface area contributed by atoms with Gasteiger partial charge in [0.05, 0.1) is 5.69 Å². The van der Waals surface area contributed by atoms with Gasteiger partial charge in [0.15, 0.2) is 11.6 Å². The molecule has 1 fully saturated rings. The van der Waals surface area contributed by atoms with Crippen LogP contribution in [0, 0.1) is 5.82 Å². The fourth-order valence-corrected chi connectivity index (χ4v) is 1.81. The Bertz CT molecular complexity index is 620. The number of halogens is 1. The number of carboxylic acid groups (broad SMARTS) is 1. The van der Waals surface area contributed by atoms with E-state index in [1.54, 1.807) is 6.20 Å². The summed E-state index contributed by atoms with van der Waals surface area (Å²) in [5, 5.41) is 13.1. The monoisotopic (exact) mass is 247 g/mol. The van der Waals surface area contributed by atoms with E-state index in [1.807, 2.05) is 6.07 Å². The Morgan fingerprint density at radius 2 is 2.22 bits per heavy atom. The van der Waals surface area contributed by atoms with E-state index in [0.717, 1.165) is 24.6 Å². The lowest BCUT2D eigenvalue weighted by Crippen LogP contribution is -2.08. The molecule has 1 aliphatic rings. The first kappa shape index (κ1) is 10.9. The van der Waals surface area contributed by atoms with Crippen molar-refractivity contribution in [2.75, 3.05) is 0 Å². The third-order valence-corrected chi connectivity index (χ3v) is 2.92. The molecule has 3 rings (SSSR count). The summed E-state index contributed by atoms with van der Waals surface area (Å²) < 4.78 is 15.2. The first-order valence-corrected chi connectivity index (χ1v) is 5.60. The van der Waals surface area contributed by atoms with Crippen LogP contribution in [0.1, 0.15) is 34.8 Å². The van der Waals surface area contributed by atoms with E-state index in [1.165, 1.54) is 10.9 Å². The van der Waals surface area contributed by atoms with Crippen LogP contribution in [0.3, 0.4) is 0 Å². The molecule has 2 aromatic rings. The van der Waals surface area contributed by atoms with Gasteiger partial charge in [0.2, 0.25) is 0 Å². The van der Waals surface area contributed by atoms with Gasteiger partial charge >= 0.3 is 5.97 Å². The molecule has 0 bridgehead atoms. The number of nitrogens with zero attached hydrogens (tertiary/aromatic N) is 3. The zero-order valence-corrected chi connectivity index (χ0v) is 9.38. The second-order valence-corrected chi connectivity index (χ2v) is 4.26. The van der Waals surface area contributed by atoms with Gasteiger partial charge in [0.25, 0.3) is 0 Å². The van der Waals surface area contributed by atoms with Gasteiger partial charge in [-0.3, -0.25) is 0 Å². The van der Waals surface area contributed by atoms with E-state index in [2.05, 4.69) is 10.1 Å². The molecular formula is C12H10FN3O2. The van der Waals surface area contributed by atoms with Crippen molar-refractivity contribution in [3.05, 3.63) is 41.6 Å². The molecule has 18 heavy (non-hydrogen) atoms. The number of aromatic carboxylic acids is 1. The van der Waals surface area contributed by atoms with Gasteiger partial charge in [-0.1, -0.05) is 0 Å². The van der Waals surface area contributed by atoms with Crippen LogP contribution in [-0.4, -0.2) is 25.8 Å². The molecule has 92 valence electrons. The number of carbonyl (C=O) groups is 1. The smallest absolute Gasteiger partial charge is 0.338 e. The molecule has 0 aromatic carbocycles. The molecule has 5 nitrogen and oxygen atoms in total. The summed E-state index contributed by atoms with van der Waals surface area (Å²) in [7, 11) is 0. The Morgan fingerprint density at radius 1 is 1.44 bits per heavy atom. The van der Waals surface area contributed by atoms with Crippen LogP contribution in [-0.2, 0) is 0 Å². The van der Waals surface area contributed by atoms with Crippen molar-refractivity contribution < 1.29 is 14.3 Å². The Hall–Kier alpha value is -2.24. The van der Waals surface area contributed by atoms with Crippen LogP contribution in [0.5, 0.6) is 0 Å². The van der Waals surface area contributed by atoms with Crippen molar-refractivity contribution in [2.24, 2.45) is 0 Å². The molecule has 1 saturated carbocycles. The Kier molecular flexibility index (Phi) is 2.36. The minimum atomic E-state index is -1.31. The summed E-state index contributed by atoms with van der Waals surface area (Å²) in [6.07, 6.45) is 5.06. The molecule has 6 heteroatoms. The van der Waals surface area contributed by atoms with Gasteiger partial charge in [0.1, 0.15) is 5.56 Å². The van der Waals surface area contributed by atoms with Gasteiger partial charge in [0, 0.05) is 18.3 Å². The Labute approximate surface area is 102 Å². The van der Waals surface area contributed by atoms with E-state index in [4.69, 9.17) is 5.11 Å². The number of aromatic nitrogens is 3. The lowest BCUT2D eigenvalue weighted by atomic mass is 10.2. The van der Waals surface area contributed by atoms with Gasteiger partial charge in [-0.05, 0) is 25.0 Å². The maximum atomic E-state index is 13.9. The second-order valence-electron chi connectivity index (χ2n) is 4.26. The average Bonchev–Trinajstić information content (AvgIpc) is 3.08.